The van der Waals surface area contributed by atoms with Crippen molar-refractivity contribution in [1.29, 1.82) is 0 Å². The quantitative estimate of drug-likeness (QED) is 0.802. The molecular weight excluding hydrogens is 264 g/mol. The zero-order valence-corrected chi connectivity index (χ0v) is 13.4. The van der Waals surface area contributed by atoms with Gasteiger partial charge in [-0.1, -0.05) is 32.3 Å². The molecule has 2 nitrogen and oxygen atoms in total. The van der Waals surface area contributed by atoms with Crippen LogP contribution in [0.1, 0.15) is 63.5 Å². The second kappa shape index (κ2) is 6.95. The summed E-state index contributed by atoms with van der Waals surface area (Å²) in [5, 5.41) is 2.11. The molecule has 110 valence electrons. The normalized spacial score (nSPS) is 25.1. The van der Waals surface area contributed by atoms with E-state index in [2.05, 4.69) is 35.7 Å². The molecule has 0 amide bonds. The highest BCUT2D eigenvalue weighted by atomic mass is 32.2. The SMILES string of the molecule is CCN1CCC[C@H]1c1cccnc1SC1CCCCC1. The molecule has 1 aromatic rings. The topological polar surface area (TPSA) is 16.1 Å². The van der Waals surface area contributed by atoms with Crippen LogP contribution in [0.5, 0.6) is 0 Å². The summed E-state index contributed by atoms with van der Waals surface area (Å²) in [6.07, 6.45) is 11.6. The standard InChI is InChI=1S/C17H26N2S/c1-2-19-13-7-11-16(19)15-10-6-12-18-17(15)20-14-8-4-3-5-9-14/h6,10,12,14,16H,2-5,7-9,11,13H2,1H3/t16-/m0/s1. The molecule has 2 heterocycles. The van der Waals surface area contributed by atoms with Crippen LogP contribution in [0, 0.1) is 0 Å². The molecule has 20 heavy (non-hydrogen) atoms. The van der Waals surface area contributed by atoms with Crippen LogP contribution in [0.2, 0.25) is 0 Å². The minimum atomic E-state index is 0.611. The van der Waals surface area contributed by atoms with Gasteiger partial charge in [0.2, 0.25) is 0 Å². The number of rotatable bonds is 4. The molecule has 1 atom stereocenters. The first-order valence-electron chi connectivity index (χ1n) is 8.24. The molecule has 0 N–H and O–H groups in total. The Hall–Kier alpha value is -0.540. The third-order valence-corrected chi connectivity index (χ3v) is 6.13. The maximum Gasteiger partial charge on any atom is 0.101 e. The summed E-state index contributed by atoms with van der Waals surface area (Å²) in [5.41, 5.74) is 1.49. The zero-order valence-electron chi connectivity index (χ0n) is 12.6. The summed E-state index contributed by atoms with van der Waals surface area (Å²) < 4.78 is 0. The lowest BCUT2D eigenvalue weighted by Gasteiger charge is -2.26. The molecule has 1 aromatic heterocycles. The van der Waals surface area contributed by atoms with Gasteiger partial charge < -0.3 is 0 Å². The minimum Gasteiger partial charge on any atom is -0.297 e. The van der Waals surface area contributed by atoms with Crippen molar-refractivity contribution < 1.29 is 0 Å². The van der Waals surface area contributed by atoms with Crippen molar-refractivity contribution in [2.24, 2.45) is 0 Å². The monoisotopic (exact) mass is 290 g/mol. The Morgan fingerprint density at radius 3 is 2.85 bits per heavy atom. The average molecular weight is 290 g/mol. The summed E-state index contributed by atoms with van der Waals surface area (Å²) in [6, 6.07) is 5.04. The molecule has 0 spiro atoms. The Labute approximate surface area is 127 Å². The minimum absolute atomic E-state index is 0.611. The fraction of sp³-hybridized carbons (Fsp3) is 0.706. The van der Waals surface area contributed by atoms with Crippen molar-refractivity contribution in [2.45, 2.75) is 68.2 Å². The molecule has 0 unspecified atom stereocenters. The number of hydrogen-bond donors (Lipinski definition) is 0. The van der Waals surface area contributed by atoms with Crippen LogP contribution < -0.4 is 0 Å². The number of aromatic nitrogens is 1. The first-order chi connectivity index (χ1) is 9.88. The van der Waals surface area contributed by atoms with Gasteiger partial charge in [-0.2, -0.15) is 0 Å². The van der Waals surface area contributed by atoms with Gasteiger partial charge >= 0.3 is 0 Å². The Balaban J connectivity index is 1.77. The fourth-order valence-electron chi connectivity index (χ4n) is 3.65. The molecule has 1 saturated carbocycles. The maximum absolute atomic E-state index is 4.72. The highest BCUT2D eigenvalue weighted by Gasteiger charge is 2.28. The van der Waals surface area contributed by atoms with Gasteiger partial charge in [-0.25, -0.2) is 4.98 Å². The van der Waals surface area contributed by atoms with Crippen LogP contribution >= 0.6 is 11.8 Å². The summed E-state index contributed by atoms with van der Waals surface area (Å²) in [6.45, 7) is 4.69. The number of pyridine rings is 1. The Kier molecular flexibility index (Phi) is 5.00. The summed E-state index contributed by atoms with van der Waals surface area (Å²) in [7, 11) is 0. The zero-order chi connectivity index (χ0) is 13.8. The van der Waals surface area contributed by atoms with E-state index in [4.69, 9.17) is 4.98 Å². The van der Waals surface area contributed by atoms with Crippen molar-refractivity contribution in [3.63, 3.8) is 0 Å². The number of thioether (sulfide) groups is 1. The van der Waals surface area contributed by atoms with E-state index < -0.39 is 0 Å². The average Bonchev–Trinajstić information content (AvgIpc) is 2.97. The van der Waals surface area contributed by atoms with Gasteiger partial charge in [-0.05, 0) is 44.8 Å². The van der Waals surface area contributed by atoms with Gasteiger partial charge in [-0.15, -0.1) is 11.8 Å². The van der Waals surface area contributed by atoms with E-state index in [0.717, 1.165) is 11.8 Å². The molecule has 2 aliphatic rings. The van der Waals surface area contributed by atoms with Crippen molar-refractivity contribution in [3.8, 4) is 0 Å². The van der Waals surface area contributed by atoms with Crippen molar-refractivity contribution in [2.75, 3.05) is 13.1 Å². The van der Waals surface area contributed by atoms with E-state index in [0.29, 0.717) is 6.04 Å². The predicted molar refractivity (Wildman–Crippen MR) is 86.2 cm³/mol. The molecule has 1 aliphatic heterocycles. The van der Waals surface area contributed by atoms with Crippen LogP contribution in [0.4, 0.5) is 0 Å². The van der Waals surface area contributed by atoms with Crippen molar-refractivity contribution in [3.05, 3.63) is 23.9 Å². The predicted octanol–water partition coefficient (Wildman–Crippen LogP) is 4.66. The molecule has 0 bridgehead atoms. The van der Waals surface area contributed by atoms with Gasteiger partial charge in [0.05, 0.1) is 0 Å². The molecular formula is C17H26N2S. The van der Waals surface area contributed by atoms with E-state index in [1.54, 1.807) is 0 Å². The van der Waals surface area contributed by atoms with Crippen LogP contribution in [-0.4, -0.2) is 28.2 Å². The first kappa shape index (κ1) is 14.4. The molecule has 1 aliphatic carbocycles. The number of nitrogens with zero attached hydrogens (tertiary/aromatic N) is 2. The molecule has 3 heteroatoms. The molecule has 0 radical (unpaired) electrons. The fourth-order valence-corrected chi connectivity index (χ4v) is 5.00. The Morgan fingerprint density at radius 2 is 2.05 bits per heavy atom. The smallest absolute Gasteiger partial charge is 0.101 e. The van der Waals surface area contributed by atoms with E-state index in [-0.39, 0.29) is 0 Å². The molecule has 0 aromatic carbocycles. The van der Waals surface area contributed by atoms with E-state index in [1.165, 1.54) is 62.1 Å². The molecule has 1 saturated heterocycles. The second-order valence-corrected chi connectivity index (χ2v) is 7.35. The highest BCUT2D eigenvalue weighted by molar-refractivity contribution is 7.99. The molecule has 3 rings (SSSR count). The summed E-state index contributed by atoms with van der Waals surface area (Å²) in [5.74, 6) is 0. The summed E-state index contributed by atoms with van der Waals surface area (Å²) >= 11 is 2.05. The van der Waals surface area contributed by atoms with E-state index in [1.807, 2.05) is 6.20 Å². The summed E-state index contributed by atoms with van der Waals surface area (Å²) in [4.78, 5) is 7.34. The number of likely N-dealkylation sites (tertiary alicyclic amines) is 1. The lowest BCUT2D eigenvalue weighted by Crippen LogP contribution is -2.23. The van der Waals surface area contributed by atoms with Crippen molar-refractivity contribution in [1.82, 2.24) is 9.88 Å². The van der Waals surface area contributed by atoms with E-state index >= 15 is 0 Å². The van der Waals surface area contributed by atoms with Crippen LogP contribution in [0.25, 0.3) is 0 Å². The number of hydrogen-bond acceptors (Lipinski definition) is 3. The lowest BCUT2D eigenvalue weighted by atomic mass is 10.0. The first-order valence-corrected chi connectivity index (χ1v) is 9.12. The largest absolute Gasteiger partial charge is 0.297 e. The van der Waals surface area contributed by atoms with E-state index in [9.17, 15) is 0 Å². The third-order valence-electron chi connectivity index (χ3n) is 4.76. The van der Waals surface area contributed by atoms with Crippen LogP contribution in [-0.2, 0) is 0 Å². The second-order valence-electron chi connectivity index (χ2n) is 6.06. The third kappa shape index (κ3) is 3.20. The van der Waals surface area contributed by atoms with Crippen LogP contribution in [0.3, 0.4) is 0 Å². The van der Waals surface area contributed by atoms with Crippen molar-refractivity contribution >= 4 is 11.8 Å². The maximum atomic E-state index is 4.72. The van der Waals surface area contributed by atoms with Gasteiger partial charge in [0.15, 0.2) is 0 Å². The Morgan fingerprint density at radius 1 is 1.20 bits per heavy atom. The van der Waals surface area contributed by atoms with Gasteiger partial charge in [0.1, 0.15) is 5.03 Å². The van der Waals surface area contributed by atoms with Gasteiger partial charge in [-0.3, -0.25) is 4.90 Å². The highest BCUT2D eigenvalue weighted by Crippen LogP contribution is 2.39. The Bertz CT molecular complexity index is 429. The van der Waals surface area contributed by atoms with Crippen LogP contribution in [0.15, 0.2) is 23.4 Å². The molecule has 2 fully saturated rings. The van der Waals surface area contributed by atoms with Gasteiger partial charge in [0.25, 0.3) is 0 Å². The van der Waals surface area contributed by atoms with Gasteiger partial charge in [0, 0.05) is 23.1 Å². The lowest BCUT2D eigenvalue weighted by molar-refractivity contribution is 0.268.